The average molecular weight is 251 g/mol. The van der Waals surface area contributed by atoms with Gasteiger partial charge < -0.3 is 14.8 Å². The number of carboxylic acid groups (broad SMARTS) is 1. The summed E-state index contributed by atoms with van der Waals surface area (Å²) in [5.41, 5.74) is 0. The van der Waals surface area contributed by atoms with Crippen molar-refractivity contribution in [2.24, 2.45) is 5.92 Å². The van der Waals surface area contributed by atoms with Crippen molar-refractivity contribution >= 4 is 5.97 Å². The first kappa shape index (κ1) is 13.6. The topological polar surface area (TPSA) is 62.5 Å². The molecular formula is C10H12F3NO3. The van der Waals surface area contributed by atoms with Gasteiger partial charge in [0.15, 0.2) is 5.92 Å². The number of nitrogens with one attached hydrogen (secondary N) is 1. The normalized spacial score (nSPS) is 13.6. The molecule has 0 bridgehead atoms. The Hall–Kier alpha value is -1.50. The van der Waals surface area contributed by atoms with Crippen LogP contribution in [0.5, 0.6) is 0 Å². The monoisotopic (exact) mass is 251 g/mol. The number of furan rings is 1. The molecular weight excluding hydrogens is 239 g/mol. The molecule has 1 rings (SSSR count). The van der Waals surface area contributed by atoms with Crippen molar-refractivity contribution in [1.82, 2.24) is 5.32 Å². The van der Waals surface area contributed by atoms with Crippen LogP contribution in [0.15, 0.2) is 16.5 Å². The summed E-state index contributed by atoms with van der Waals surface area (Å²) in [6.45, 7) is 1.09. The molecule has 1 unspecified atom stereocenters. The lowest BCUT2D eigenvalue weighted by atomic mass is 10.1. The molecule has 0 saturated heterocycles. The first-order valence-electron chi connectivity index (χ1n) is 4.86. The summed E-state index contributed by atoms with van der Waals surface area (Å²) >= 11 is 0. The molecule has 0 radical (unpaired) electrons. The highest BCUT2D eigenvalue weighted by molar-refractivity contribution is 5.71. The third-order valence-electron chi connectivity index (χ3n) is 2.14. The zero-order valence-corrected chi connectivity index (χ0v) is 9.04. The van der Waals surface area contributed by atoms with E-state index in [4.69, 9.17) is 9.52 Å². The van der Waals surface area contributed by atoms with Gasteiger partial charge in [0.05, 0.1) is 6.54 Å². The molecule has 0 aliphatic rings. The molecule has 17 heavy (non-hydrogen) atoms. The van der Waals surface area contributed by atoms with Crippen molar-refractivity contribution in [3.63, 3.8) is 0 Å². The number of aliphatic carboxylic acids is 1. The smallest absolute Gasteiger partial charge is 0.403 e. The number of hydrogen-bond acceptors (Lipinski definition) is 3. The number of rotatable bonds is 5. The van der Waals surface area contributed by atoms with Crippen LogP contribution in [0.4, 0.5) is 13.2 Å². The second kappa shape index (κ2) is 5.22. The largest absolute Gasteiger partial charge is 0.481 e. The molecule has 4 nitrogen and oxygen atoms in total. The maximum atomic E-state index is 12.3. The van der Waals surface area contributed by atoms with Gasteiger partial charge in [-0.2, -0.15) is 13.2 Å². The molecule has 1 aromatic heterocycles. The van der Waals surface area contributed by atoms with Crippen molar-refractivity contribution in [2.75, 3.05) is 6.54 Å². The van der Waals surface area contributed by atoms with Crippen molar-refractivity contribution in [3.8, 4) is 0 Å². The lowest BCUT2D eigenvalue weighted by molar-refractivity contribution is -0.192. The van der Waals surface area contributed by atoms with Crippen LogP contribution in [0.3, 0.4) is 0 Å². The Labute approximate surface area is 95.4 Å². The molecule has 0 fully saturated rings. The highest BCUT2D eigenvalue weighted by Gasteiger charge is 2.44. The molecule has 0 saturated carbocycles. The highest BCUT2D eigenvalue weighted by atomic mass is 19.4. The Morgan fingerprint density at radius 2 is 2.18 bits per heavy atom. The summed E-state index contributed by atoms with van der Waals surface area (Å²) in [6.07, 6.45) is -4.75. The fraction of sp³-hybridized carbons (Fsp3) is 0.500. The number of carboxylic acids is 1. The second-order valence-corrected chi connectivity index (χ2v) is 3.58. The summed E-state index contributed by atoms with van der Waals surface area (Å²) < 4.78 is 41.9. The van der Waals surface area contributed by atoms with Crippen LogP contribution in [0.2, 0.25) is 0 Å². The van der Waals surface area contributed by atoms with Gasteiger partial charge in [0, 0.05) is 6.54 Å². The van der Waals surface area contributed by atoms with E-state index in [2.05, 4.69) is 5.32 Å². The van der Waals surface area contributed by atoms with Gasteiger partial charge in [0.2, 0.25) is 0 Å². The van der Waals surface area contributed by atoms with Crippen LogP contribution in [-0.4, -0.2) is 23.8 Å². The average Bonchev–Trinajstić information content (AvgIpc) is 2.56. The summed E-state index contributed by atoms with van der Waals surface area (Å²) in [4.78, 5) is 10.4. The van der Waals surface area contributed by atoms with Gasteiger partial charge >= 0.3 is 12.1 Å². The molecule has 0 aromatic carbocycles. The van der Waals surface area contributed by atoms with E-state index in [1.807, 2.05) is 0 Å². The third-order valence-corrected chi connectivity index (χ3v) is 2.14. The Kier molecular flexibility index (Phi) is 4.17. The maximum absolute atomic E-state index is 12.3. The van der Waals surface area contributed by atoms with Gasteiger partial charge in [-0.05, 0) is 19.1 Å². The molecule has 2 N–H and O–H groups in total. The van der Waals surface area contributed by atoms with Crippen LogP contribution in [0.1, 0.15) is 11.5 Å². The fourth-order valence-corrected chi connectivity index (χ4v) is 1.26. The van der Waals surface area contributed by atoms with E-state index in [9.17, 15) is 18.0 Å². The first-order chi connectivity index (χ1) is 7.80. The van der Waals surface area contributed by atoms with Gasteiger partial charge in [0.25, 0.3) is 0 Å². The molecule has 0 amide bonds. The molecule has 1 atom stereocenters. The van der Waals surface area contributed by atoms with E-state index in [1.54, 1.807) is 19.1 Å². The van der Waals surface area contributed by atoms with Gasteiger partial charge in [-0.15, -0.1) is 0 Å². The number of hydrogen-bond donors (Lipinski definition) is 2. The standard InChI is InChI=1S/C10H12F3NO3/c1-6-2-3-7(17-6)4-14-5-8(9(15)16)10(11,12)13/h2-3,8,14H,4-5H2,1H3,(H,15,16). The van der Waals surface area contributed by atoms with E-state index >= 15 is 0 Å². The lowest BCUT2D eigenvalue weighted by Crippen LogP contribution is -2.38. The lowest BCUT2D eigenvalue weighted by Gasteiger charge is -2.16. The van der Waals surface area contributed by atoms with E-state index in [0.29, 0.717) is 11.5 Å². The minimum Gasteiger partial charge on any atom is -0.481 e. The highest BCUT2D eigenvalue weighted by Crippen LogP contribution is 2.25. The van der Waals surface area contributed by atoms with Crippen LogP contribution in [0, 0.1) is 12.8 Å². The third kappa shape index (κ3) is 4.10. The molecule has 0 aliphatic carbocycles. The van der Waals surface area contributed by atoms with E-state index < -0.39 is 24.6 Å². The molecule has 0 aliphatic heterocycles. The van der Waals surface area contributed by atoms with Gasteiger partial charge in [-0.1, -0.05) is 0 Å². The van der Waals surface area contributed by atoms with E-state index in [-0.39, 0.29) is 6.54 Å². The van der Waals surface area contributed by atoms with Crippen molar-refractivity contribution in [2.45, 2.75) is 19.6 Å². The summed E-state index contributed by atoms with van der Waals surface area (Å²) in [5, 5.41) is 10.8. The molecule has 1 heterocycles. The minimum absolute atomic E-state index is 0.0632. The van der Waals surface area contributed by atoms with Crippen LogP contribution < -0.4 is 5.32 Å². The van der Waals surface area contributed by atoms with Gasteiger partial charge in [-0.25, -0.2) is 0 Å². The predicted octanol–water partition coefficient (Wildman–Crippen LogP) is 1.94. The number of halogens is 3. The Morgan fingerprint density at radius 1 is 1.53 bits per heavy atom. The van der Waals surface area contributed by atoms with Crippen molar-refractivity contribution in [1.29, 1.82) is 0 Å². The second-order valence-electron chi connectivity index (χ2n) is 3.58. The summed E-state index contributed by atoms with van der Waals surface area (Å²) in [7, 11) is 0. The number of aryl methyl sites for hydroxylation is 1. The SMILES string of the molecule is Cc1ccc(CNCC(C(=O)O)C(F)(F)F)o1. The zero-order valence-electron chi connectivity index (χ0n) is 9.04. The van der Waals surface area contributed by atoms with Crippen LogP contribution in [-0.2, 0) is 11.3 Å². The van der Waals surface area contributed by atoms with Gasteiger partial charge in [0.1, 0.15) is 11.5 Å². The Morgan fingerprint density at radius 3 is 2.59 bits per heavy atom. The van der Waals surface area contributed by atoms with Crippen LogP contribution in [0.25, 0.3) is 0 Å². The quantitative estimate of drug-likeness (QED) is 0.839. The zero-order chi connectivity index (χ0) is 13.1. The molecule has 96 valence electrons. The Balaban J connectivity index is 2.46. The fourth-order valence-electron chi connectivity index (χ4n) is 1.26. The minimum atomic E-state index is -4.75. The number of carbonyl (C=O) groups is 1. The van der Waals surface area contributed by atoms with Crippen molar-refractivity contribution in [3.05, 3.63) is 23.7 Å². The Bertz CT molecular complexity index is 386. The predicted molar refractivity (Wildman–Crippen MR) is 52.3 cm³/mol. The van der Waals surface area contributed by atoms with Crippen molar-refractivity contribution < 1.29 is 27.5 Å². The van der Waals surface area contributed by atoms with Gasteiger partial charge in [-0.3, -0.25) is 4.79 Å². The van der Waals surface area contributed by atoms with Crippen LogP contribution >= 0.6 is 0 Å². The maximum Gasteiger partial charge on any atom is 0.403 e. The van der Waals surface area contributed by atoms with E-state index in [0.717, 1.165) is 0 Å². The number of alkyl halides is 3. The van der Waals surface area contributed by atoms with E-state index in [1.165, 1.54) is 0 Å². The molecule has 0 spiro atoms. The molecule has 7 heteroatoms. The summed E-state index contributed by atoms with van der Waals surface area (Å²) in [5.74, 6) is -3.18. The molecule has 1 aromatic rings. The summed E-state index contributed by atoms with van der Waals surface area (Å²) in [6, 6.07) is 3.29. The first-order valence-corrected chi connectivity index (χ1v) is 4.86.